The summed E-state index contributed by atoms with van der Waals surface area (Å²) in [6, 6.07) is 4.52. The second kappa shape index (κ2) is 4.53. The molecule has 1 aromatic heterocycles. The summed E-state index contributed by atoms with van der Waals surface area (Å²) in [5.74, 6) is 0.827. The van der Waals surface area contributed by atoms with Gasteiger partial charge < -0.3 is 10.3 Å². The van der Waals surface area contributed by atoms with Gasteiger partial charge in [0.25, 0.3) is 5.89 Å². The summed E-state index contributed by atoms with van der Waals surface area (Å²) in [5.41, 5.74) is 6.09. The molecule has 0 atom stereocenters. The number of aromatic nitrogens is 2. The summed E-state index contributed by atoms with van der Waals surface area (Å²) < 4.78 is 18.3. The first-order valence-electron chi connectivity index (χ1n) is 5.45. The second-order valence-corrected chi connectivity index (χ2v) is 4.31. The lowest BCUT2D eigenvalue weighted by molar-refractivity contribution is 0.417. The van der Waals surface area contributed by atoms with Crippen molar-refractivity contribution in [3.63, 3.8) is 0 Å². The number of nitrogen functional groups attached to an aromatic ring is 1. The number of hydrogen-bond acceptors (Lipinski definition) is 4. The standard InChI is InChI=1S/C12H14FN3O/c1-7(2)6-10-15-12(17-16-10)8-4-3-5-9(13)11(8)14/h3-5,7H,6,14H2,1-2H3. The van der Waals surface area contributed by atoms with Crippen LogP contribution in [0.15, 0.2) is 22.7 Å². The van der Waals surface area contributed by atoms with E-state index in [4.69, 9.17) is 10.3 Å². The van der Waals surface area contributed by atoms with Crippen LogP contribution in [-0.2, 0) is 6.42 Å². The zero-order valence-corrected chi connectivity index (χ0v) is 9.77. The van der Waals surface area contributed by atoms with Gasteiger partial charge in [-0.2, -0.15) is 4.98 Å². The van der Waals surface area contributed by atoms with Crippen LogP contribution in [0, 0.1) is 11.7 Å². The first-order valence-corrected chi connectivity index (χ1v) is 5.45. The first kappa shape index (κ1) is 11.6. The Bertz CT molecular complexity index is 522. The Morgan fingerprint density at radius 1 is 1.41 bits per heavy atom. The molecule has 0 saturated carbocycles. The largest absolute Gasteiger partial charge is 0.396 e. The van der Waals surface area contributed by atoms with Gasteiger partial charge in [-0.15, -0.1) is 0 Å². The minimum absolute atomic E-state index is 0.0345. The van der Waals surface area contributed by atoms with Crippen LogP contribution < -0.4 is 5.73 Å². The van der Waals surface area contributed by atoms with Gasteiger partial charge in [0.05, 0.1) is 11.3 Å². The molecule has 0 unspecified atom stereocenters. The number of nitrogens with zero attached hydrogens (tertiary/aromatic N) is 2. The maximum Gasteiger partial charge on any atom is 0.260 e. The summed E-state index contributed by atoms with van der Waals surface area (Å²) in [4.78, 5) is 4.20. The van der Waals surface area contributed by atoms with Gasteiger partial charge in [0.15, 0.2) is 5.82 Å². The van der Waals surface area contributed by atoms with Crippen LogP contribution in [0.25, 0.3) is 11.5 Å². The molecule has 2 rings (SSSR count). The number of para-hydroxylation sites is 1. The monoisotopic (exact) mass is 235 g/mol. The quantitative estimate of drug-likeness (QED) is 0.830. The lowest BCUT2D eigenvalue weighted by Crippen LogP contribution is -1.97. The fraction of sp³-hybridized carbons (Fsp3) is 0.333. The molecule has 0 amide bonds. The van der Waals surface area contributed by atoms with Crippen molar-refractivity contribution in [2.75, 3.05) is 5.73 Å². The SMILES string of the molecule is CC(C)Cc1noc(-c2cccc(F)c2N)n1. The van der Waals surface area contributed by atoms with Crippen molar-refractivity contribution in [1.82, 2.24) is 10.1 Å². The van der Waals surface area contributed by atoms with Crippen LogP contribution >= 0.6 is 0 Å². The molecule has 17 heavy (non-hydrogen) atoms. The molecule has 0 fully saturated rings. The lowest BCUT2D eigenvalue weighted by atomic mass is 10.1. The highest BCUT2D eigenvalue weighted by Crippen LogP contribution is 2.26. The fourth-order valence-corrected chi connectivity index (χ4v) is 1.53. The van der Waals surface area contributed by atoms with Crippen molar-refractivity contribution in [3.05, 3.63) is 29.8 Å². The highest BCUT2D eigenvalue weighted by Gasteiger charge is 2.14. The van der Waals surface area contributed by atoms with Crippen LogP contribution in [0.3, 0.4) is 0 Å². The molecule has 2 aromatic rings. The van der Waals surface area contributed by atoms with E-state index in [1.54, 1.807) is 12.1 Å². The lowest BCUT2D eigenvalue weighted by Gasteiger charge is -2.00. The van der Waals surface area contributed by atoms with Crippen LogP contribution in [0.5, 0.6) is 0 Å². The molecule has 0 aliphatic carbocycles. The third kappa shape index (κ3) is 2.43. The number of rotatable bonds is 3. The molecule has 0 radical (unpaired) electrons. The van der Waals surface area contributed by atoms with E-state index in [0.29, 0.717) is 17.3 Å². The van der Waals surface area contributed by atoms with E-state index in [2.05, 4.69) is 24.0 Å². The molecular formula is C12H14FN3O. The van der Waals surface area contributed by atoms with E-state index in [0.717, 1.165) is 6.42 Å². The summed E-state index contributed by atoms with van der Waals surface area (Å²) >= 11 is 0. The van der Waals surface area contributed by atoms with Gasteiger partial charge in [-0.05, 0) is 18.1 Å². The van der Waals surface area contributed by atoms with Gasteiger partial charge >= 0.3 is 0 Å². The Morgan fingerprint density at radius 3 is 2.88 bits per heavy atom. The highest BCUT2D eigenvalue weighted by atomic mass is 19.1. The fourth-order valence-electron chi connectivity index (χ4n) is 1.53. The van der Waals surface area contributed by atoms with Crippen molar-refractivity contribution in [3.8, 4) is 11.5 Å². The minimum atomic E-state index is -0.480. The van der Waals surface area contributed by atoms with Crippen molar-refractivity contribution < 1.29 is 8.91 Å². The van der Waals surface area contributed by atoms with Crippen LogP contribution in [0.4, 0.5) is 10.1 Å². The van der Waals surface area contributed by atoms with E-state index < -0.39 is 5.82 Å². The first-order chi connectivity index (χ1) is 8.08. The molecule has 4 nitrogen and oxygen atoms in total. The Hall–Kier alpha value is -1.91. The summed E-state index contributed by atoms with van der Waals surface area (Å²) in [6.45, 7) is 4.12. The molecule has 1 heterocycles. The molecule has 0 bridgehead atoms. The number of hydrogen-bond donors (Lipinski definition) is 1. The van der Waals surface area contributed by atoms with Crippen molar-refractivity contribution in [1.29, 1.82) is 0 Å². The molecule has 0 saturated heterocycles. The Labute approximate surface area is 98.6 Å². The van der Waals surface area contributed by atoms with Gasteiger partial charge in [0.1, 0.15) is 5.82 Å². The predicted molar refractivity (Wildman–Crippen MR) is 62.6 cm³/mol. The van der Waals surface area contributed by atoms with Crippen LogP contribution in [-0.4, -0.2) is 10.1 Å². The topological polar surface area (TPSA) is 64.9 Å². The zero-order chi connectivity index (χ0) is 12.4. The highest BCUT2D eigenvalue weighted by molar-refractivity contribution is 5.70. The molecule has 5 heteroatoms. The Kier molecular flexibility index (Phi) is 3.08. The molecule has 90 valence electrons. The molecule has 0 aliphatic rings. The maximum absolute atomic E-state index is 13.3. The zero-order valence-electron chi connectivity index (χ0n) is 9.77. The average molecular weight is 235 g/mol. The van der Waals surface area contributed by atoms with Gasteiger partial charge in [-0.25, -0.2) is 4.39 Å². The number of anilines is 1. The molecular weight excluding hydrogens is 221 g/mol. The van der Waals surface area contributed by atoms with Crippen molar-refractivity contribution >= 4 is 5.69 Å². The van der Waals surface area contributed by atoms with E-state index in [1.807, 2.05) is 0 Å². The maximum atomic E-state index is 13.3. The van der Waals surface area contributed by atoms with E-state index >= 15 is 0 Å². The summed E-state index contributed by atoms with van der Waals surface area (Å²) in [5, 5.41) is 3.84. The van der Waals surface area contributed by atoms with E-state index in [9.17, 15) is 4.39 Å². The summed E-state index contributed by atoms with van der Waals surface area (Å²) in [7, 11) is 0. The third-order valence-electron chi connectivity index (χ3n) is 2.34. The average Bonchev–Trinajstić information content (AvgIpc) is 2.69. The smallest absolute Gasteiger partial charge is 0.260 e. The van der Waals surface area contributed by atoms with Crippen molar-refractivity contribution in [2.24, 2.45) is 5.92 Å². The predicted octanol–water partition coefficient (Wildman–Crippen LogP) is 2.66. The summed E-state index contributed by atoms with van der Waals surface area (Å²) in [6.07, 6.45) is 0.721. The Balaban J connectivity index is 2.34. The normalized spacial score (nSPS) is 11.1. The molecule has 2 N–H and O–H groups in total. The van der Waals surface area contributed by atoms with Crippen LogP contribution in [0.1, 0.15) is 19.7 Å². The molecule has 0 spiro atoms. The molecule has 0 aliphatic heterocycles. The Morgan fingerprint density at radius 2 is 2.18 bits per heavy atom. The van der Waals surface area contributed by atoms with Gasteiger partial charge in [0.2, 0.25) is 0 Å². The second-order valence-electron chi connectivity index (χ2n) is 4.31. The third-order valence-corrected chi connectivity index (χ3v) is 2.34. The number of benzene rings is 1. The minimum Gasteiger partial charge on any atom is -0.396 e. The van der Waals surface area contributed by atoms with Crippen LogP contribution in [0.2, 0.25) is 0 Å². The van der Waals surface area contributed by atoms with Gasteiger partial charge in [-0.1, -0.05) is 25.1 Å². The van der Waals surface area contributed by atoms with Crippen molar-refractivity contribution in [2.45, 2.75) is 20.3 Å². The van der Waals surface area contributed by atoms with E-state index in [-0.39, 0.29) is 11.6 Å². The van der Waals surface area contributed by atoms with Gasteiger partial charge in [-0.3, -0.25) is 0 Å². The number of nitrogens with two attached hydrogens (primary N) is 1. The van der Waals surface area contributed by atoms with Gasteiger partial charge in [0, 0.05) is 6.42 Å². The van der Waals surface area contributed by atoms with E-state index in [1.165, 1.54) is 6.07 Å². The number of halogens is 1. The molecule has 1 aromatic carbocycles.